The molecular weight excluding hydrogens is 398 g/mol. The summed E-state index contributed by atoms with van der Waals surface area (Å²) in [7, 11) is 0. The topological polar surface area (TPSA) is 76.2 Å². The zero-order valence-corrected chi connectivity index (χ0v) is 17.4. The number of hydrogen-bond donors (Lipinski definition) is 2. The molecule has 3 aromatic rings. The van der Waals surface area contributed by atoms with Crippen molar-refractivity contribution in [1.29, 1.82) is 0 Å². The number of anilines is 2. The lowest BCUT2D eigenvalue weighted by molar-refractivity contribution is 0.0846. The largest absolute Gasteiger partial charge is 0.384 e. The molecule has 0 saturated heterocycles. The number of rotatable bonds is 3. The van der Waals surface area contributed by atoms with E-state index in [2.05, 4.69) is 39.6 Å². The van der Waals surface area contributed by atoms with Gasteiger partial charge in [-0.1, -0.05) is 54.1 Å². The number of fused-ring (bicyclic) bond motifs is 2. The van der Waals surface area contributed by atoms with Crippen LogP contribution in [0, 0.1) is 0 Å². The van der Waals surface area contributed by atoms with Crippen LogP contribution in [0.4, 0.5) is 11.5 Å². The molecular formula is C23H24ClN5O. The monoisotopic (exact) mass is 421 g/mol. The molecule has 3 heterocycles. The van der Waals surface area contributed by atoms with Crippen LogP contribution in [0.2, 0.25) is 5.02 Å². The lowest BCUT2D eigenvalue weighted by atomic mass is 9.90. The number of nitrogens with two attached hydrogens (primary N) is 1. The van der Waals surface area contributed by atoms with Gasteiger partial charge in [-0.25, -0.2) is 4.68 Å². The zero-order chi connectivity index (χ0) is 20.7. The molecule has 30 heavy (non-hydrogen) atoms. The Morgan fingerprint density at radius 3 is 2.87 bits per heavy atom. The van der Waals surface area contributed by atoms with E-state index in [0.29, 0.717) is 30.4 Å². The third-order valence-corrected chi connectivity index (χ3v) is 6.40. The van der Waals surface area contributed by atoms with Crippen molar-refractivity contribution in [1.82, 2.24) is 14.7 Å². The Balaban J connectivity index is 1.45. The molecule has 6 nitrogen and oxygen atoms in total. The van der Waals surface area contributed by atoms with Crippen LogP contribution in [0.25, 0.3) is 0 Å². The average Bonchev–Trinajstić information content (AvgIpc) is 3.10. The minimum atomic E-state index is -0.284. The van der Waals surface area contributed by atoms with Gasteiger partial charge in [-0.3, -0.25) is 9.69 Å². The molecule has 2 aliphatic rings. The van der Waals surface area contributed by atoms with E-state index in [1.807, 2.05) is 24.3 Å². The van der Waals surface area contributed by atoms with E-state index in [-0.39, 0.29) is 11.8 Å². The van der Waals surface area contributed by atoms with Gasteiger partial charge in [-0.2, -0.15) is 0 Å². The van der Waals surface area contributed by atoms with Gasteiger partial charge in [-0.15, -0.1) is 5.10 Å². The molecule has 0 fully saturated rings. The molecule has 2 aliphatic heterocycles. The minimum absolute atomic E-state index is 0.0328. The number of halogens is 1. The number of carbonyl (C=O) groups is 1. The van der Waals surface area contributed by atoms with Gasteiger partial charge in [0.2, 0.25) is 0 Å². The van der Waals surface area contributed by atoms with Crippen molar-refractivity contribution in [2.45, 2.75) is 31.8 Å². The summed E-state index contributed by atoms with van der Waals surface area (Å²) >= 11 is 6.35. The average molecular weight is 422 g/mol. The van der Waals surface area contributed by atoms with Crippen LogP contribution in [0.5, 0.6) is 0 Å². The van der Waals surface area contributed by atoms with Crippen LogP contribution in [0.1, 0.15) is 39.5 Å². The summed E-state index contributed by atoms with van der Waals surface area (Å²) in [5, 5.41) is 8.43. The van der Waals surface area contributed by atoms with E-state index in [9.17, 15) is 4.79 Å². The summed E-state index contributed by atoms with van der Waals surface area (Å²) in [5.74, 6) is 0.153. The molecule has 1 unspecified atom stereocenters. The van der Waals surface area contributed by atoms with Gasteiger partial charge in [0.05, 0.1) is 22.3 Å². The number of para-hydroxylation sites is 1. The van der Waals surface area contributed by atoms with Crippen LogP contribution in [0.15, 0.2) is 48.5 Å². The summed E-state index contributed by atoms with van der Waals surface area (Å²) in [5.41, 5.74) is 11.2. The molecule has 0 spiro atoms. The van der Waals surface area contributed by atoms with Crippen LogP contribution < -0.4 is 11.1 Å². The maximum absolute atomic E-state index is 13.6. The van der Waals surface area contributed by atoms with Crippen molar-refractivity contribution in [3.8, 4) is 0 Å². The highest BCUT2D eigenvalue weighted by Gasteiger charge is 2.33. The van der Waals surface area contributed by atoms with Gasteiger partial charge >= 0.3 is 0 Å². The molecule has 0 saturated carbocycles. The van der Waals surface area contributed by atoms with Crippen molar-refractivity contribution in [3.05, 3.63) is 75.9 Å². The molecule has 1 aromatic heterocycles. The van der Waals surface area contributed by atoms with Crippen molar-refractivity contribution in [2.75, 3.05) is 24.1 Å². The second kappa shape index (κ2) is 7.78. The SMILES string of the molecule is Nc1nn(C(=O)C2CCNc3c(Cl)cccc32)c2c1CCN(Cc1ccccc1)C2. The Hall–Kier alpha value is -2.83. The first-order chi connectivity index (χ1) is 14.6. The first kappa shape index (κ1) is 19.2. The van der Waals surface area contributed by atoms with Crippen molar-refractivity contribution in [2.24, 2.45) is 0 Å². The van der Waals surface area contributed by atoms with Crippen LogP contribution in [-0.2, 0) is 19.5 Å². The van der Waals surface area contributed by atoms with Crippen molar-refractivity contribution >= 4 is 29.0 Å². The van der Waals surface area contributed by atoms with Gasteiger partial charge in [-0.05, 0) is 30.0 Å². The summed E-state index contributed by atoms with van der Waals surface area (Å²) in [6.45, 7) is 3.10. The van der Waals surface area contributed by atoms with E-state index in [1.54, 1.807) is 4.68 Å². The Morgan fingerprint density at radius 1 is 1.20 bits per heavy atom. The van der Waals surface area contributed by atoms with Crippen LogP contribution >= 0.6 is 11.6 Å². The highest BCUT2D eigenvalue weighted by molar-refractivity contribution is 6.33. The van der Waals surface area contributed by atoms with E-state index in [1.165, 1.54) is 5.56 Å². The van der Waals surface area contributed by atoms with Gasteiger partial charge in [0.1, 0.15) is 5.82 Å². The second-order valence-electron chi connectivity index (χ2n) is 7.98. The predicted molar refractivity (Wildman–Crippen MR) is 119 cm³/mol. The van der Waals surface area contributed by atoms with E-state index >= 15 is 0 Å². The number of aromatic nitrogens is 2. The van der Waals surface area contributed by atoms with E-state index < -0.39 is 0 Å². The van der Waals surface area contributed by atoms with Gasteiger partial charge in [0.15, 0.2) is 0 Å². The number of nitrogens with zero attached hydrogens (tertiary/aromatic N) is 3. The molecule has 1 atom stereocenters. The molecule has 0 bridgehead atoms. The third kappa shape index (κ3) is 3.36. The molecule has 5 rings (SSSR count). The summed E-state index contributed by atoms with van der Waals surface area (Å²) < 4.78 is 1.56. The van der Waals surface area contributed by atoms with Crippen LogP contribution in [-0.4, -0.2) is 33.7 Å². The van der Waals surface area contributed by atoms with Gasteiger partial charge < -0.3 is 11.1 Å². The summed E-state index contributed by atoms with van der Waals surface area (Å²) in [4.78, 5) is 15.9. The number of nitrogens with one attached hydrogen (secondary N) is 1. The van der Waals surface area contributed by atoms with Gasteiger partial charge in [0, 0.05) is 31.7 Å². The fraction of sp³-hybridized carbons (Fsp3) is 0.304. The van der Waals surface area contributed by atoms with E-state index in [4.69, 9.17) is 17.3 Å². The second-order valence-corrected chi connectivity index (χ2v) is 8.39. The van der Waals surface area contributed by atoms with Gasteiger partial charge in [0.25, 0.3) is 5.91 Å². The molecule has 2 aromatic carbocycles. The third-order valence-electron chi connectivity index (χ3n) is 6.08. The maximum atomic E-state index is 13.6. The fourth-order valence-electron chi connectivity index (χ4n) is 4.58. The smallest absolute Gasteiger partial charge is 0.254 e. The standard InChI is InChI=1S/C23H24ClN5O/c24-19-8-4-7-16-17(9-11-26-21(16)19)23(30)29-20-14-28(12-10-18(20)22(25)27-29)13-15-5-2-1-3-6-15/h1-8,17,26H,9-14H2,(H2,25,27). The predicted octanol–water partition coefficient (Wildman–Crippen LogP) is 3.92. The zero-order valence-electron chi connectivity index (χ0n) is 16.6. The molecule has 3 N–H and O–H groups in total. The first-order valence-corrected chi connectivity index (χ1v) is 10.7. The number of hydrogen-bond acceptors (Lipinski definition) is 5. The fourth-order valence-corrected chi connectivity index (χ4v) is 4.83. The first-order valence-electron chi connectivity index (χ1n) is 10.3. The molecule has 0 radical (unpaired) electrons. The quantitative estimate of drug-likeness (QED) is 0.670. The maximum Gasteiger partial charge on any atom is 0.254 e. The molecule has 7 heteroatoms. The molecule has 0 amide bonds. The van der Waals surface area contributed by atoms with Crippen molar-refractivity contribution < 1.29 is 4.79 Å². The highest BCUT2D eigenvalue weighted by Crippen LogP contribution is 2.38. The number of carbonyl (C=O) groups excluding carboxylic acids is 1. The number of benzene rings is 2. The minimum Gasteiger partial charge on any atom is -0.384 e. The number of nitrogen functional groups attached to an aromatic ring is 1. The Kier molecular flexibility index (Phi) is 4.97. The Morgan fingerprint density at radius 2 is 2.03 bits per heavy atom. The summed E-state index contributed by atoms with van der Waals surface area (Å²) in [6.07, 6.45) is 1.50. The normalized spacial score (nSPS) is 18.4. The Bertz CT molecular complexity index is 1090. The van der Waals surface area contributed by atoms with E-state index in [0.717, 1.165) is 42.0 Å². The van der Waals surface area contributed by atoms with Crippen molar-refractivity contribution in [3.63, 3.8) is 0 Å². The lowest BCUT2D eigenvalue weighted by Crippen LogP contribution is -2.34. The Labute approximate surface area is 180 Å². The molecule has 154 valence electrons. The van der Waals surface area contributed by atoms with Crippen LogP contribution in [0.3, 0.4) is 0 Å². The highest BCUT2D eigenvalue weighted by atomic mass is 35.5. The molecule has 0 aliphatic carbocycles. The summed E-state index contributed by atoms with van der Waals surface area (Å²) in [6, 6.07) is 16.1. The lowest BCUT2D eigenvalue weighted by Gasteiger charge is -2.29.